The number of halogens is 2. The van der Waals surface area contributed by atoms with Crippen molar-refractivity contribution < 1.29 is 14.3 Å². The van der Waals surface area contributed by atoms with Crippen LogP contribution in [0.1, 0.15) is 10.4 Å². The lowest BCUT2D eigenvalue weighted by atomic mass is 10.3. The molecule has 0 atom stereocenters. The molecular weight excluding hydrogens is 323 g/mol. The fourth-order valence-electron chi connectivity index (χ4n) is 1.18. The second-order valence-electron chi connectivity index (χ2n) is 3.20. The van der Waals surface area contributed by atoms with Gasteiger partial charge in [-0.2, -0.15) is 0 Å². The summed E-state index contributed by atoms with van der Waals surface area (Å²) in [6.45, 7) is 0. The summed E-state index contributed by atoms with van der Waals surface area (Å²) in [7, 11) is 0. The van der Waals surface area contributed by atoms with Crippen molar-refractivity contribution in [2.75, 3.05) is 0 Å². The molecule has 92 valence electrons. The average Bonchev–Trinajstić information content (AvgIpc) is 2.34. The molecule has 0 aliphatic carbocycles. The van der Waals surface area contributed by atoms with Crippen LogP contribution in [-0.2, 0) is 0 Å². The van der Waals surface area contributed by atoms with E-state index in [0.717, 1.165) is 22.3 Å². The number of rotatable bonds is 3. The molecule has 1 N–H and O–H groups in total. The van der Waals surface area contributed by atoms with E-state index in [9.17, 15) is 9.18 Å². The van der Waals surface area contributed by atoms with Crippen molar-refractivity contribution in [2.45, 2.75) is 10.1 Å². The molecule has 0 aliphatic heterocycles. The highest BCUT2D eigenvalue weighted by atomic mass is 79.9. The first-order valence-electron chi connectivity index (χ1n) is 4.75. The first-order valence-corrected chi connectivity index (χ1v) is 6.36. The Bertz CT molecular complexity index is 592. The molecule has 0 saturated heterocycles. The van der Waals surface area contributed by atoms with Crippen LogP contribution in [0, 0.1) is 5.82 Å². The molecule has 0 amide bonds. The van der Waals surface area contributed by atoms with Gasteiger partial charge >= 0.3 is 5.97 Å². The Morgan fingerprint density at radius 1 is 1.33 bits per heavy atom. The maximum absolute atomic E-state index is 13.8. The zero-order valence-electron chi connectivity index (χ0n) is 8.80. The van der Waals surface area contributed by atoms with Crippen LogP contribution >= 0.6 is 27.7 Å². The zero-order chi connectivity index (χ0) is 13.1. The van der Waals surface area contributed by atoms with E-state index in [2.05, 4.69) is 25.9 Å². The summed E-state index contributed by atoms with van der Waals surface area (Å²) in [4.78, 5) is 18.6. The molecule has 2 heterocycles. The largest absolute Gasteiger partial charge is 0.478 e. The number of hydrogen-bond acceptors (Lipinski definition) is 4. The number of pyridine rings is 2. The van der Waals surface area contributed by atoms with Crippen LogP contribution in [0.4, 0.5) is 4.39 Å². The van der Waals surface area contributed by atoms with E-state index < -0.39 is 17.3 Å². The number of aromatic carboxylic acids is 1. The smallest absolute Gasteiger partial charge is 0.338 e. The normalized spacial score (nSPS) is 10.3. The minimum Gasteiger partial charge on any atom is -0.478 e. The second-order valence-corrected chi connectivity index (χ2v) is 5.12. The molecule has 2 rings (SSSR count). The molecule has 4 nitrogen and oxygen atoms in total. The van der Waals surface area contributed by atoms with E-state index in [0.29, 0.717) is 5.03 Å². The van der Waals surface area contributed by atoms with Crippen LogP contribution < -0.4 is 0 Å². The first-order chi connectivity index (χ1) is 8.58. The topological polar surface area (TPSA) is 63.1 Å². The van der Waals surface area contributed by atoms with Crippen LogP contribution in [0.5, 0.6) is 0 Å². The predicted molar refractivity (Wildman–Crippen MR) is 67.2 cm³/mol. The maximum atomic E-state index is 13.8. The molecule has 0 bridgehead atoms. The van der Waals surface area contributed by atoms with Crippen LogP contribution in [0.25, 0.3) is 0 Å². The first kappa shape index (κ1) is 13.0. The van der Waals surface area contributed by atoms with Gasteiger partial charge in [0.15, 0.2) is 5.82 Å². The quantitative estimate of drug-likeness (QED) is 0.937. The molecule has 0 aliphatic rings. The van der Waals surface area contributed by atoms with Gasteiger partial charge in [-0.1, -0.05) is 0 Å². The molecule has 0 saturated carbocycles. The van der Waals surface area contributed by atoms with Crippen molar-refractivity contribution in [2.24, 2.45) is 0 Å². The lowest BCUT2D eigenvalue weighted by Gasteiger charge is -2.03. The van der Waals surface area contributed by atoms with Crippen molar-refractivity contribution >= 4 is 33.7 Å². The van der Waals surface area contributed by atoms with Gasteiger partial charge in [-0.05, 0) is 45.9 Å². The van der Waals surface area contributed by atoms with E-state index in [4.69, 9.17) is 5.11 Å². The van der Waals surface area contributed by atoms with Gasteiger partial charge in [0.2, 0.25) is 0 Å². The second kappa shape index (κ2) is 5.45. The molecule has 18 heavy (non-hydrogen) atoms. The van der Waals surface area contributed by atoms with Gasteiger partial charge in [0, 0.05) is 16.9 Å². The number of nitrogens with zero attached hydrogens (tertiary/aromatic N) is 2. The summed E-state index contributed by atoms with van der Waals surface area (Å²) in [5.41, 5.74) is -0.399. The Morgan fingerprint density at radius 3 is 2.72 bits per heavy atom. The third-order valence-corrected chi connectivity index (χ3v) is 3.39. The van der Waals surface area contributed by atoms with E-state index in [1.54, 1.807) is 18.3 Å². The molecule has 7 heteroatoms. The lowest BCUT2D eigenvalue weighted by molar-refractivity contribution is 0.0691. The van der Waals surface area contributed by atoms with E-state index in [-0.39, 0.29) is 5.03 Å². The summed E-state index contributed by atoms with van der Waals surface area (Å²) in [5, 5.41) is 9.32. The SMILES string of the molecule is O=C(O)c1ccnc(Sc2ccc(Br)cn2)c1F. The van der Waals surface area contributed by atoms with Gasteiger partial charge in [0.05, 0.1) is 5.56 Å². The van der Waals surface area contributed by atoms with Gasteiger partial charge in [-0.3, -0.25) is 0 Å². The Labute approximate surface area is 114 Å². The molecule has 0 spiro atoms. The Morgan fingerprint density at radius 2 is 2.11 bits per heavy atom. The highest BCUT2D eigenvalue weighted by Gasteiger charge is 2.16. The van der Waals surface area contributed by atoms with Gasteiger partial charge in [-0.15, -0.1) is 0 Å². The molecular formula is C11H6BrFN2O2S. The van der Waals surface area contributed by atoms with Gasteiger partial charge in [0.25, 0.3) is 0 Å². The van der Waals surface area contributed by atoms with Crippen molar-refractivity contribution in [1.29, 1.82) is 0 Å². The van der Waals surface area contributed by atoms with Gasteiger partial charge in [0.1, 0.15) is 10.1 Å². The minimum absolute atomic E-state index is 0.00952. The Kier molecular flexibility index (Phi) is 3.93. The summed E-state index contributed by atoms with van der Waals surface area (Å²) < 4.78 is 14.6. The van der Waals surface area contributed by atoms with Crippen molar-refractivity contribution in [3.05, 3.63) is 46.4 Å². The molecule has 2 aromatic heterocycles. The number of carbonyl (C=O) groups is 1. The van der Waals surface area contributed by atoms with Gasteiger partial charge in [-0.25, -0.2) is 19.2 Å². The number of carboxylic acids is 1. The summed E-state index contributed by atoms with van der Waals surface area (Å²) in [5.74, 6) is -2.17. The lowest BCUT2D eigenvalue weighted by Crippen LogP contribution is -2.02. The monoisotopic (exact) mass is 328 g/mol. The maximum Gasteiger partial charge on any atom is 0.338 e. The summed E-state index contributed by atoms with van der Waals surface area (Å²) in [6.07, 6.45) is 2.83. The fraction of sp³-hybridized carbons (Fsp3) is 0. The van der Waals surface area contributed by atoms with Crippen molar-refractivity contribution in [3.8, 4) is 0 Å². The minimum atomic E-state index is -1.32. The molecule has 2 aromatic rings. The van der Waals surface area contributed by atoms with Crippen LogP contribution in [0.3, 0.4) is 0 Å². The third-order valence-electron chi connectivity index (χ3n) is 1.99. The Balaban J connectivity index is 2.32. The summed E-state index contributed by atoms with van der Waals surface area (Å²) in [6, 6.07) is 4.56. The highest BCUT2D eigenvalue weighted by molar-refractivity contribution is 9.10. The number of hydrogen-bond donors (Lipinski definition) is 1. The predicted octanol–water partition coefficient (Wildman–Crippen LogP) is 3.23. The molecule has 0 fully saturated rings. The van der Waals surface area contributed by atoms with Crippen molar-refractivity contribution in [3.63, 3.8) is 0 Å². The summed E-state index contributed by atoms with van der Waals surface area (Å²) >= 11 is 4.21. The fourth-order valence-corrected chi connectivity index (χ4v) is 2.17. The van der Waals surface area contributed by atoms with Crippen LogP contribution in [0.2, 0.25) is 0 Å². The molecule has 0 aromatic carbocycles. The Hall–Kier alpha value is -1.47. The number of carboxylic acid groups (broad SMARTS) is 1. The van der Waals surface area contributed by atoms with Gasteiger partial charge < -0.3 is 5.11 Å². The van der Waals surface area contributed by atoms with Crippen LogP contribution in [-0.4, -0.2) is 21.0 Å². The standard InChI is InChI=1S/C11H6BrFN2O2S/c12-6-1-2-8(15-5-6)18-10-9(13)7(11(16)17)3-4-14-10/h1-5H,(H,16,17). The highest BCUT2D eigenvalue weighted by Crippen LogP contribution is 2.28. The van der Waals surface area contributed by atoms with E-state index in [1.807, 2.05) is 0 Å². The molecule has 0 radical (unpaired) electrons. The third kappa shape index (κ3) is 2.85. The van der Waals surface area contributed by atoms with E-state index >= 15 is 0 Å². The average molecular weight is 329 g/mol. The van der Waals surface area contributed by atoms with Crippen LogP contribution in [0.15, 0.2) is 45.1 Å². The number of aromatic nitrogens is 2. The van der Waals surface area contributed by atoms with Crippen molar-refractivity contribution in [1.82, 2.24) is 9.97 Å². The van der Waals surface area contributed by atoms with E-state index in [1.165, 1.54) is 6.20 Å². The zero-order valence-corrected chi connectivity index (χ0v) is 11.2. The molecule has 0 unspecified atom stereocenters.